The van der Waals surface area contributed by atoms with E-state index in [9.17, 15) is 0 Å². The van der Waals surface area contributed by atoms with Crippen LogP contribution >= 0.6 is 22.6 Å². The molecule has 62 valence electrons. The van der Waals surface area contributed by atoms with Gasteiger partial charge in [-0.3, -0.25) is 0 Å². The first kappa shape index (κ1) is 9.03. The molecule has 2 nitrogen and oxygen atoms in total. The fourth-order valence-electron chi connectivity index (χ4n) is 0.967. The molecule has 0 bridgehead atoms. The van der Waals surface area contributed by atoms with Crippen LogP contribution in [0.2, 0.25) is 0 Å². The standard InChI is InChI=1S/C8H13IN2/c1-8(2,3)5-11-4-7(9)10-6-11/h4,6H,5H2,1-3H3. The molecule has 11 heavy (non-hydrogen) atoms. The number of rotatable bonds is 1. The van der Waals surface area contributed by atoms with Gasteiger partial charge in [0.15, 0.2) is 0 Å². The molecule has 0 atom stereocenters. The highest BCUT2D eigenvalue weighted by molar-refractivity contribution is 14.1. The van der Waals surface area contributed by atoms with Crippen molar-refractivity contribution < 1.29 is 0 Å². The highest BCUT2D eigenvalue weighted by atomic mass is 127. The highest BCUT2D eigenvalue weighted by Crippen LogP contribution is 2.16. The van der Waals surface area contributed by atoms with Gasteiger partial charge in [0.05, 0.1) is 6.33 Å². The van der Waals surface area contributed by atoms with Crippen LogP contribution in [0.5, 0.6) is 0 Å². The van der Waals surface area contributed by atoms with Crippen LogP contribution in [0, 0.1) is 9.12 Å². The summed E-state index contributed by atoms with van der Waals surface area (Å²) in [6.07, 6.45) is 3.94. The molecule has 0 saturated carbocycles. The highest BCUT2D eigenvalue weighted by Gasteiger charge is 2.10. The number of imidazole rings is 1. The number of halogens is 1. The molecule has 0 radical (unpaired) electrons. The molecule has 1 aromatic rings. The van der Waals surface area contributed by atoms with Crippen molar-refractivity contribution in [3.63, 3.8) is 0 Å². The van der Waals surface area contributed by atoms with Gasteiger partial charge in [0.1, 0.15) is 3.70 Å². The summed E-state index contributed by atoms with van der Waals surface area (Å²) in [4.78, 5) is 4.15. The minimum Gasteiger partial charge on any atom is -0.336 e. The van der Waals surface area contributed by atoms with Crippen molar-refractivity contribution in [3.8, 4) is 0 Å². The van der Waals surface area contributed by atoms with Crippen LogP contribution in [0.1, 0.15) is 20.8 Å². The number of nitrogens with zero attached hydrogens (tertiary/aromatic N) is 2. The van der Waals surface area contributed by atoms with Crippen LogP contribution in [0.25, 0.3) is 0 Å². The van der Waals surface area contributed by atoms with E-state index in [1.165, 1.54) is 0 Å². The molecule has 1 rings (SSSR count). The molecule has 0 amide bonds. The summed E-state index contributed by atoms with van der Waals surface area (Å²) in [5.74, 6) is 0. The predicted molar refractivity (Wildman–Crippen MR) is 54.4 cm³/mol. The summed E-state index contributed by atoms with van der Waals surface area (Å²) in [5, 5.41) is 0. The normalized spacial score (nSPS) is 12.0. The Labute approximate surface area is 81.2 Å². The van der Waals surface area contributed by atoms with Gasteiger partial charge in [-0.2, -0.15) is 0 Å². The lowest BCUT2D eigenvalue weighted by Crippen LogP contribution is -2.13. The van der Waals surface area contributed by atoms with Gasteiger partial charge in [-0.05, 0) is 28.0 Å². The van der Waals surface area contributed by atoms with Gasteiger partial charge in [-0.25, -0.2) is 4.98 Å². The number of hydrogen-bond donors (Lipinski definition) is 0. The molecule has 0 aliphatic heterocycles. The van der Waals surface area contributed by atoms with Crippen molar-refractivity contribution >= 4 is 22.6 Å². The van der Waals surface area contributed by atoms with E-state index in [0.29, 0.717) is 5.41 Å². The Morgan fingerprint density at radius 2 is 2.18 bits per heavy atom. The van der Waals surface area contributed by atoms with E-state index >= 15 is 0 Å². The lowest BCUT2D eigenvalue weighted by molar-refractivity contribution is 0.343. The molecular weight excluding hydrogens is 251 g/mol. The summed E-state index contributed by atoms with van der Waals surface area (Å²) in [6, 6.07) is 0. The zero-order valence-electron chi connectivity index (χ0n) is 7.13. The average molecular weight is 264 g/mol. The van der Waals surface area contributed by atoms with Crippen molar-refractivity contribution in [2.24, 2.45) is 5.41 Å². The SMILES string of the molecule is CC(C)(C)Cn1cnc(I)c1. The first-order valence-corrected chi connectivity index (χ1v) is 4.72. The van der Waals surface area contributed by atoms with E-state index in [1.807, 2.05) is 6.33 Å². The molecule has 0 spiro atoms. The van der Waals surface area contributed by atoms with Gasteiger partial charge in [0.25, 0.3) is 0 Å². The lowest BCUT2D eigenvalue weighted by Gasteiger charge is -2.17. The smallest absolute Gasteiger partial charge is 0.119 e. The minimum absolute atomic E-state index is 0.337. The maximum absolute atomic E-state index is 4.15. The molecule has 0 saturated heterocycles. The van der Waals surface area contributed by atoms with E-state index in [4.69, 9.17) is 0 Å². The van der Waals surface area contributed by atoms with Crippen LogP contribution in [0.15, 0.2) is 12.5 Å². The Kier molecular flexibility index (Phi) is 2.57. The zero-order chi connectivity index (χ0) is 8.48. The van der Waals surface area contributed by atoms with Gasteiger partial charge < -0.3 is 4.57 Å². The molecule has 0 aliphatic rings. The average Bonchev–Trinajstić information content (AvgIpc) is 2.10. The lowest BCUT2D eigenvalue weighted by atomic mass is 9.97. The molecule has 0 aromatic carbocycles. The molecule has 0 fully saturated rings. The molecular formula is C8H13IN2. The Morgan fingerprint density at radius 1 is 1.55 bits per heavy atom. The third-order valence-electron chi connectivity index (χ3n) is 1.26. The quantitative estimate of drug-likeness (QED) is 0.713. The first-order chi connectivity index (χ1) is 4.97. The van der Waals surface area contributed by atoms with E-state index in [0.717, 1.165) is 10.2 Å². The van der Waals surface area contributed by atoms with E-state index in [1.54, 1.807) is 0 Å². The van der Waals surface area contributed by atoms with Gasteiger partial charge in [-0.1, -0.05) is 20.8 Å². The minimum atomic E-state index is 0.337. The topological polar surface area (TPSA) is 17.8 Å². The van der Waals surface area contributed by atoms with Gasteiger partial charge >= 0.3 is 0 Å². The van der Waals surface area contributed by atoms with Crippen LogP contribution in [-0.4, -0.2) is 9.55 Å². The van der Waals surface area contributed by atoms with E-state index in [2.05, 4.69) is 59.1 Å². The van der Waals surface area contributed by atoms with Crippen LogP contribution < -0.4 is 0 Å². The largest absolute Gasteiger partial charge is 0.336 e. The maximum atomic E-state index is 4.15. The summed E-state index contributed by atoms with van der Waals surface area (Å²) in [7, 11) is 0. The Balaban J connectivity index is 2.65. The monoisotopic (exact) mass is 264 g/mol. The summed E-state index contributed by atoms with van der Waals surface area (Å²) < 4.78 is 3.19. The zero-order valence-corrected chi connectivity index (χ0v) is 9.29. The molecule has 0 aliphatic carbocycles. The molecule has 0 N–H and O–H groups in total. The van der Waals surface area contributed by atoms with Crippen LogP contribution in [-0.2, 0) is 6.54 Å². The Morgan fingerprint density at radius 3 is 2.55 bits per heavy atom. The van der Waals surface area contributed by atoms with E-state index in [-0.39, 0.29) is 0 Å². The number of hydrogen-bond acceptors (Lipinski definition) is 1. The van der Waals surface area contributed by atoms with Gasteiger partial charge in [-0.15, -0.1) is 0 Å². The molecule has 1 heterocycles. The van der Waals surface area contributed by atoms with Crippen LogP contribution in [0.4, 0.5) is 0 Å². The third kappa shape index (κ3) is 3.22. The van der Waals surface area contributed by atoms with Crippen molar-refractivity contribution in [1.82, 2.24) is 9.55 Å². The number of aromatic nitrogens is 2. The van der Waals surface area contributed by atoms with Gasteiger partial charge in [0.2, 0.25) is 0 Å². The van der Waals surface area contributed by atoms with E-state index < -0.39 is 0 Å². The fraction of sp³-hybridized carbons (Fsp3) is 0.625. The molecule has 0 unspecified atom stereocenters. The second kappa shape index (κ2) is 3.13. The Hall–Kier alpha value is -0.0600. The maximum Gasteiger partial charge on any atom is 0.119 e. The van der Waals surface area contributed by atoms with Crippen molar-refractivity contribution in [3.05, 3.63) is 16.2 Å². The summed E-state index contributed by atoms with van der Waals surface area (Å²) in [5.41, 5.74) is 0.337. The van der Waals surface area contributed by atoms with Gasteiger partial charge in [0, 0.05) is 12.7 Å². The second-order valence-electron chi connectivity index (χ2n) is 3.93. The fourth-order valence-corrected chi connectivity index (χ4v) is 1.45. The molecule has 1 aromatic heterocycles. The molecule has 3 heteroatoms. The second-order valence-corrected chi connectivity index (χ2v) is 5.03. The summed E-state index contributed by atoms with van der Waals surface area (Å²) in [6.45, 7) is 7.70. The van der Waals surface area contributed by atoms with Crippen molar-refractivity contribution in [2.45, 2.75) is 27.3 Å². The predicted octanol–water partition coefficient (Wildman–Crippen LogP) is 2.53. The third-order valence-corrected chi connectivity index (χ3v) is 1.82. The van der Waals surface area contributed by atoms with Crippen molar-refractivity contribution in [2.75, 3.05) is 0 Å². The Bertz CT molecular complexity index is 234. The first-order valence-electron chi connectivity index (χ1n) is 3.65. The van der Waals surface area contributed by atoms with Crippen molar-refractivity contribution in [1.29, 1.82) is 0 Å². The van der Waals surface area contributed by atoms with Crippen LogP contribution in [0.3, 0.4) is 0 Å². The summed E-state index contributed by atoms with van der Waals surface area (Å²) >= 11 is 2.22.